The monoisotopic (exact) mass is 484 g/mol. The molecule has 0 bridgehead atoms. The maximum absolute atomic E-state index is 14.4. The number of rotatable bonds is 4. The van der Waals surface area contributed by atoms with Gasteiger partial charge in [0.25, 0.3) is 17.7 Å². The van der Waals surface area contributed by atoms with Crippen LogP contribution < -0.4 is 10.6 Å². The second-order valence-corrected chi connectivity index (χ2v) is 8.51. The first-order valence-electron chi connectivity index (χ1n) is 11.0. The van der Waals surface area contributed by atoms with Gasteiger partial charge in [0.1, 0.15) is 11.6 Å². The fourth-order valence-electron chi connectivity index (χ4n) is 4.27. The molecule has 1 fully saturated rings. The standard InChI is InChI=1S/C25H20F4N4O2/c26-16-2-1-3-17(27)21(16)18-12-19(22-20(32-18)13-30-23(22)34)31-15-6-4-14(5-7-15)24(35)33-10-8-25(28,29)9-11-33/h1-7,12H,8-11,13H2,(H,30,34)(H,31,32). The van der Waals surface area contributed by atoms with Crippen LogP contribution in [0.4, 0.5) is 28.9 Å². The minimum atomic E-state index is -2.74. The summed E-state index contributed by atoms with van der Waals surface area (Å²) in [5.41, 5.74) is 1.51. The first-order chi connectivity index (χ1) is 16.7. The number of anilines is 2. The highest BCUT2D eigenvalue weighted by molar-refractivity contribution is 6.04. The number of piperidine rings is 1. The lowest BCUT2D eigenvalue weighted by Gasteiger charge is -2.31. The van der Waals surface area contributed by atoms with E-state index in [0.717, 1.165) is 12.1 Å². The number of hydrogen-bond acceptors (Lipinski definition) is 4. The zero-order valence-corrected chi connectivity index (χ0v) is 18.4. The van der Waals surface area contributed by atoms with Crippen LogP contribution in [0.25, 0.3) is 11.3 Å². The Balaban J connectivity index is 1.42. The van der Waals surface area contributed by atoms with Gasteiger partial charge in [-0.3, -0.25) is 9.59 Å². The van der Waals surface area contributed by atoms with Gasteiger partial charge in [-0.25, -0.2) is 22.5 Å². The van der Waals surface area contributed by atoms with Crippen LogP contribution in [0.15, 0.2) is 48.5 Å². The van der Waals surface area contributed by atoms with Crippen molar-refractivity contribution in [2.75, 3.05) is 18.4 Å². The van der Waals surface area contributed by atoms with Gasteiger partial charge in [-0.05, 0) is 42.5 Å². The van der Waals surface area contributed by atoms with E-state index in [-0.39, 0.29) is 61.1 Å². The number of aromatic nitrogens is 1. The number of fused-ring (bicyclic) bond motifs is 1. The predicted octanol–water partition coefficient (Wildman–Crippen LogP) is 4.89. The number of nitrogens with zero attached hydrogens (tertiary/aromatic N) is 2. The predicted molar refractivity (Wildman–Crippen MR) is 121 cm³/mol. The molecule has 3 aromatic rings. The summed E-state index contributed by atoms with van der Waals surface area (Å²) in [6.07, 6.45) is -0.725. The molecule has 0 saturated carbocycles. The first kappa shape index (κ1) is 22.8. The van der Waals surface area contributed by atoms with Crippen LogP contribution in [-0.2, 0) is 6.54 Å². The van der Waals surface area contributed by atoms with E-state index in [9.17, 15) is 27.2 Å². The third kappa shape index (κ3) is 4.43. The molecule has 2 N–H and O–H groups in total. The lowest BCUT2D eigenvalue weighted by Crippen LogP contribution is -2.42. The maximum Gasteiger partial charge on any atom is 0.255 e. The summed E-state index contributed by atoms with van der Waals surface area (Å²) in [6, 6.07) is 11.2. The Morgan fingerprint density at radius 2 is 1.66 bits per heavy atom. The van der Waals surface area contributed by atoms with Crippen molar-refractivity contribution in [3.8, 4) is 11.3 Å². The second kappa shape index (κ2) is 8.68. The van der Waals surface area contributed by atoms with Crippen molar-refractivity contribution in [1.82, 2.24) is 15.2 Å². The van der Waals surface area contributed by atoms with E-state index in [4.69, 9.17) is 0 Å². The number of benzene rings is 2. The fraction of sp³-hybridized carbons (Fsp3) is 0.240. The summed E-state index contributed by atoms with van der Waals surface area (Å²) in [7, 11) is 0. The molecular formula is C25H20F4N4O2. The Morgan fingerprint density at radius 3 is 2.31 bits per heavy atom. The summed E-state index contributed by atoms with van der Waals surface area (Å²) >= 11 is 0. The molecule has 0 atom stereocenters. The molecule has 0 radical (unpaired) electrons. The third-order valence-corrected chi connectivity index (χ3v) is 6.15. The molecule has 0 unspecified atom stereocenters. The minimum absolute atomic E-state index is 0.0144. The molecule has 0 aliphatic carbocycles. The van der Waals surface area contributed by atoms with E-state index in [1.165, 1.54) is 17.0 Å². The SMILES string of the molecule is O=C1NCc2nc(-c3c(F)cccc3F)cc(Nc3ccc(C(=O)N4CCC(F)(F)CC4)cc3)c21. The summed E-state index contributed by atoms with van der Waals surface area (Å²) in [4.78, 5) is 30.7. The molecule has 1 saturated heterocycles. The number of carbonyl (C=O) groups excluding carboxylic acids is 2. The Labute approximate surface area is 198 Å². The zero-order chi connectivity index (χ0) is 24.7. The van der Waals surface area contributed by atoms with Crippen LogP contribution in [0.5, 0.6) is 0 Å². The van der Waals surface area contributed by atoms with Crippen LogP contribution >= 0.6 is 0 Å². The van der Waals surface area contributed by atoms with E-state index < -0.39 is 17.6 Å². The molecule has 1 aromatic heterocycles. The third-order valence-electron chi connectivity index (χ3n) is 6.15. The highest BCUT2D eigenvalue weighted by Crippen LogP contribution is 2.33. The van der Waals surface area contributed by atoms with Gasteiger partial charge in [0.05, 0.1) is 34.7 Å². The number of alkyl halides is 2. The molecule has 180 valence electrons. The average Bonchev–Trinajstić information content (AvgIpc) is 3.20. The van der Waals surface area contributed by atoms with Gasteiger partial charge in [-0.1, -0.05) is 6.07 Å². The van der Waals surface area contributed by atoms with Gasteiger partial charge in [0.2, 0.25) is 0 Å². The van der Waals surface area contributed by atoms with Crippen LogP contribution in [0.3, 0.4) is 0 Å². The van der Waals surface area contributed by atoms with Gasteiger partial charge >= 0.3 is 0 Å². The van der Waals surface area contributed by atoms with Crippen LogP contribution in [0.2, 0.25) is 0 Å². The minimum Gasteiger partial charge on any atom is -0.355 e. The zero-order valence-electron chi connectivity index (χ0n) is 18.4. The molecule has 5 rings (SSSR count). The lowest BCUT2D eigenvalue weighted by molar-refractivity contribution is -0.0494. The van der Waals surface area contributed by atoms with Crippen LogP contribution in [-0.4, -0.2) is 40.7 Å². The van der Waals surface area contributed by atoms with Crippen molar-refractivity contribution in [2.24, 2.45) is 0 Å². The number of nitrogens with one attached hydrogen (secondary N) is 2. The van der Waals surface area contributed by atoms with Crippen molar-refractivity contribution in [2.45, 2.75) is 25.3 Å². The molecule has 0 spiro atoms. The smallest absolute Gasteiger partial charge is 0.255 e. The molecule has 2 aliphatic rings. The van der Waals surface area contributed by atoms with Crippen LogP contribution in [0, 0.1) is 11.6 Å². The Hall–Kier alpha value is -3.95. The van der Waals surface area contributed by atoms with Gasteiger partial charge in [0, 0.05) is 37.2 Å². The first-order valence-corrected chi connectivity index (χ1v) is 11.0. The quantitative estimate of drug-likeness (QED) is 0.518. The largest absolute Gasteiger partial charge is 0.355 e. The van der Waals surface area contributed by atoms with Crippen molar-refractivity contribution in [1.29, 1.82) is 0 Å². The van der Waals surface area contributed by atoms with Gasteiger partial charge in [0.15, 0.2) is 0 Å². The van der Waals surface area contributed by atoms with Gasteiger partial charge in [-0.15, -0.1) is 0 Å². The molecule has 3 heterocycles. The highest BCUT2D eigenvalue weighted by atomic mass is 19.3. The van der Waals surface area contributed by atoms with Crippen molar-refractivity contribution < 1.29 is 27.2 Å². The summed E-state index contributed by atoms with van der Waals surface area (Å²) in [5, 5.41) is 5.72. The molecule has 2 amide bonds. The summed E-state index contributed by atoms with van der Waals surface area (Å²) in [5.74, 6) is -5.01. The van der Waals surface area contributed by atoms with E-state index in [2.05, 4.69) is 15.6 Å². The molecule has 10 heteroatoms. The summed E-state index contributed by atoms with van der Waals surface area (Å²) in [6.45, 7) is 0.0913. The Kier molecular flexibility index (Phi) is 5.66. The average molecular weight is 484 g/mol. The van der Waals surface area contributed by atoms with Gasteiger partial charge < -0.3 is 15.5 Å². The van der Waals surface area contributed by atoms with E-state index in [1.807, 2.05) is 0 Å². The number of likely N-dealkylation sites (tertiary alicyclic amines) is 1. The maximum atomic E-state index is 14.4. The fourth-order valence-corrected chi connectivity index (χ4v) is 4.27. The molecule has 6 nitrogen and oxygen atoms in total. The van der Waals surface area contributed by atoms with Crippen LogP contribution in [0.1, 0.15) is 39.3 Å². The molecule has 2 aliphatic heterocycles. The number of halogens is 4. The van der Waals surface area contributed by atoms with E-state index in [0.29, 0.717) is 22.6 Å². The topological polar surface area (TPSA) is 74.3 Å². The number of amides is 2. The second-order valence-electron chi connectivity index (χ2n) is 8.51. The molecular weight excluding hydrogens is 464 g/mol. The number of hydrogen-bond donors (Lipinski definition) is 2. The van der Waals surface area contributed by atoms with Crippen molar-refractivity contribution in [3.05, 3.63) is 77.0 Å². The molecule has 35 heavy (non-hydrogen) atoms. The number of pyridine rings is 1. The Morgan fingerprint density at radius 1 is 1.00 bits per heavy atom. The van der Waals surface area contributed by atoms with Crippen molar-refractivity contribution >= 4 is 23.2 Å². The van der Waals surface area contributed by atoms with Gasteiger partial charge in [-0.2, -0.15) is 0 Å². The lowest BCUT2D eigenvalue weighted by atomic mass is 10.0. The normalized spacial score (nSPS) is 16.6. The van der Waals surface area contributed by atoms with E-state index in [1.54, 1.807) is 24.3 Å². The Bertz CT molecular complexity index is 1300. The van der Waals surface area contributed by atoms with Crippen molar-refractivity contribution in [3.63, 3.8) is 0 Å². The highest BCUT2D eigenvalue weighted by Gasteiger charge is 2.35. The molecule has 2 aromatic carbocycles. The van der Waals surface area contributed by atoms with E-state index >= 15 is 0 Å². The number of carbonyl (C=O) groups is 2. The summed E-state index contributed by atoms with van der Waals surface area (Å²) < 4.78 is 55.5.